The molecule has 2 amide bonds. The fourth-order valence-electron chi connectivity index (χ4n) is 2.50. The van der Waals surface area contributed by atoms with Crippen LogP contribution < -0.4 is 15.4 Å². The number of carbonyl (C=O) groups excluding carboxylic acids is 1. The van der Waals surface area contributed by atoms with Crippen molar-refractivity contribution in [2.45, 2.75) is 13.8 Å². The predicted molar refractivity (Wildman–Crippen MR) is 95.9 cm³/mol. The zero-order valence-electron chi connectivity index (χ0n) is 14.5. The van der Waals surface area contributed by atoms with Crippen LogP contribution in [0.2, 0.25) is 0 Å². The van der Waals surface area contributed by atoms with Gasteiger partial charge in [0.15, 0.2) is 0 Å². The fourth-order valence-corrected chi connectivity index (χ4v) is 2.50. The Morgan fingerprint density at radius 1 is 1.24 bits per heavy atom. The molecule has 0 aliphatic rings. The Hall–Kier alpha value is -3.29. The number of ether oxygens (including phenoxy) is 1. The van der Waals surface area contributed by atoms with E-state index in [1.165, 1.54) is 0 Å². The number of methoxy groups -OCH3 is 1. The van der Waals surface area contributed by atoms with Crippen LogP contribution in [0.5, 0.6) is 5.75 Å². The normalized spacial score (nSPS) is 10.6. The molecule has 0 aliphatic heterocycles. The van der Waals surface area contributed by atoms with Gasteiger partial charge in [0.1, 0.15) is 11.6 Å². The van der Waals surface area contributed by atoms with Gasteiger partial charge in [-0.3, -0.25) is 15.1 Å². The molecule has 8 nitrogen and oxygen atoms in total. The maximum atomic E-state index is 12.3. The molecule has 0 saturated carbocycles. The van der Waals surface area contributed by atoms with E-state index in [1.807, 2.05) is 44.2 Å². The third-order valence-corrected chi connectivity index (χ3v) is 3.85. The molecule has 0 aliphatic carbocycles. The number of aromatic nitrogens is 4. The van der Waals surface area contributed by atoms with Crippen LogP contribution in [-0.4, -0.2) is 33.1 Å². The van der Waals surface area contributed by atoms with Gasteiger partial charge in [0.05, 0.1) is 29.9 Å². The number of anilines is 2. The van der Waals surface area contributed by atoms with Crippen LogP contribution in [0.3, 0.4) is 0 Å². The quantitative estimate of drug-likeness (QED) is 0.680. The third-order valence-electron chi connectivity index (χ3n) is 3.85. The standard InChI is InChI=1S/C17H20N6O2/c1-10-16(11(2)21-20-10)19-17(24)18-15-9-14(22-23(15)3)12-6-5-7-13(8-12)25-4/h5-9H,1-4H3,(H,20,21)(H2,18,19,24). The molecule has 3 rings (SSSR count). The van der Waals surface area contributed by atoms with Gasteiger partial charge in [0.2, 0.25) is 0 Å². The molecule has 1 aromatic carbocycles. The molecule has 0 fully saturated rings. The molecule has 3 aromatic rings. The molecular formula is C17H20N6O2. The summed E-state index contributed by atoms with van der Waals surface area (Å²) in [6, 6.07) is 9.05. The summed E-state index contributed by atoms with van der Waals surface area (Å²) in [5.74, 6) is 1.33. The molecular weight excluding hydrogens is 320 g/mol. The molecule has 8 heteroatoms. The number of H-pyrrole nitrogens is 1. The molecule has 0 radical (unpaired) electrons. The summed E-state index contributed by atoms with van der Waals surface area (Å²) in [4.78, 5) is 12.3. The predicted octanol–water partition coefficient (Wildman–Crippen LogP) is 3.08. The van der Waals surface area contributed by atoms with E-state index in [0.29, 0.717) is 11.5 Å². The largest absolute Gasteiger partial charge is 0.497 e. The zero-order chi connectivity index (χ0) is 18.0. The van der Waals surface area contributed by atoms with Gasteiger partial charge in [-0.15, -0.1) is 0 Å². The van der Waals surface area contributed by atoms with Crippen LogP contribution in [-0.2, 0) is 7.05 Å². The summed E-state index contributed by atoms with van der Waals surface area (Å²) >= 11 is 0. The number of hydrogen-bond donors (Lipinski definition) is 3. The minimum atomic E-state index is -0.354. The van der Waals surface area contributed by atoms with Crippen molar-refractivity contribution in [3.63, 3.8) is 0 Å². The number of nitrogens with zero attached hydrogens (tertiary/aromatic N) is 3. The van der Waals surface area contributed by atoms with Crippen LogP contribution in [0.15, 0.2) is 30.3 Å². The van der Waals surface area contributed by atoms with Crippen molar-refractivity contribution in [3.05, 3.63) is 41.7 Å². The number of benzene rings is 1. The van der Waals surface area contributed by atoms with E-state index >= 15 is 0 Å². The van der Waals surface area contributed by atoms with Crippen LogP contribution >= 0.6 is 0 Å². The van der Waals surface area contributed by atoms with E-state index in [4.69, 9.17) is 4.74 Å². The first-order valence-corrected chi connectivity index (χ1v) is 7.76. The average molecular weight is 340 g/mol. The van der Waals surface area contributed by atoms with Crippen molar-refractivity contribution in [3.8, 4) is 17.0 Å². The maximum absolute atomic E-state index is 12.3. The number of rotatable bonds is 4. The van der Waals surface area contributed by atoms with Gasteiger partial charge in [0.25, 0.3) is 0 Å². The SMILES string of the molecule is COc1cccc(-c2cc(NC(=O)Nc3c(C)n[nH]c3C)n(C)n2)c1. The molecule has 0 unspecified atom stereocenters. The molecule has 2 heterocycles. The fraction of sp³-hybridized carbons (Fsp3) is 0.235. The van der Waals surface area contributed by atoms with Crippen molar-refractivity contribution in [1.82, 2.24) is 20.0 Å². The Bertz CT molecular complexity index is 892. The number of aromatic amines is 1. The van der Waals surface area contributed by atoms with Crippen molar-refractivity contribution in [2.75, 3.05) is 17.7 Å². The van der Waals surface area contributed by atoms with Crippen LogP contribution in [0, 0.1) is 13.8 Å². The highest BCUT2D eigenvalue weighted by Gasteiger charge is 2.13. The van der Waals surface area contributed by atoms with E-state index in [-0.39, 0.29) is 6.03 Å². The first-order chi connectivity index (χ1) is 12.0. The average Bonchev–Trinajstić information content (AvgIpc) is 3.12. The van der Waals surface area contributed by atoms with Gasteiger partial charge < -0.3 is 10.1 Å². The Kier molecular flexibility index (Phi) is 4.42. The van der Waals surface area contributed by atoms with E-state index < -0.39 is 0 Å². The van der Waals surface area contributed by atoms with Gasteiger partial charge >= 0.3 is 6.03 Å². The summed E-state index contributed by atoms with van der Waals surface area (Å²) in [6.45, 7) is 3.67. The number of hydrogen-bond acceptors (Lipinski definition) is 4. The molecule has 0 saturated heterocycles. The van der Waals surface area contributed by atoms with Gasteiger partial charge in [-0.1, -0.05) is 12.1 Å². The second-order valence-electron chi connectivity index (χ2n) is 5.66. The minimum absolute atomic E-state index is 0.354. The van der Waals surface area contributed by atoms with Crippen molar-refractivity contribution < 1.29 is 9.53 Å². The molecule has 2 aromatic heterocycles. The monoisotopic (exact) mass is 340 g/mol. The summed E-state index contributed by atoms with van der Waals surface area (Å²) in [5.41, 5.74) is 3.86. The van der Waals surface area contributed by atoms with Crippen LogP contribution in [0.1, 0.15) is 11.4 Å². The van der Waals surface area contributed by atoms with Gasteiger partial charge in [0, 0.05) is 18.7 Å². The van der Waals surface area contributed by atoms with Crippen LogP contribution in [0.4, 0.5) is 16.3 Å². The molecule has 25 heavy (non-hydrogen) atoms. The zero-order valence-corrected chi connectivity index (χ0v) is 14.5. The van der Waals surface area contributed by atoms with E-state index in [2.05, 4.69) is 25.9 Å². The summed E-state index contributed by atoms with van der Waals surface area (Å²) in [5, 5.41) is 16.9. The Morgan fingerprint density at radius 3 is 2.72 bits per heavy atom. The first-order valence-electron chi connectivity index (χ1n) is 7.76. The summed E-state index contributed by atoms with van der Waals surface area (Å²) in [7, 11) is 3.39. The highest BCUT2D eigenvalue weighted by atomic mass is 16.5. The lowest BCUT2D eigenvalue weighted by Crippen LogP contribution is -2.21. The molecule has 0 atom stereocenters. The molecule has 3 N–H and O–H groups in total. The maximum Gasteiger partial charge on any atom is 0.324 e. The number of amides is 2. The number of urea groups is 1. The second-order valence-corrected chi connectivity index (χ2v) is 5.66. The smallest absolute Gasteiger partial charge is 0.324 e. The Morgan fingerprint density at radius 2 is 2.04 bits per heavy atom. The lowest BCUT2D eigenvalue weighted by Gasteiger charge is -2.07. The summed E-state index contributed by atoms with van der Waals surface area (Å²) in [6.07, 6.45) is 0. The Balaban J connectivity index is 1.77. The van der Waals surface area contributed by atoms with Crippen LogP contribution in [0.25, 0.3) is 11.3 Å². The topological polar surface area (TPSA) is 96.9 Å². The first kappa shape index (κ1) is 16.6. The summed E-state index contributed by atoms with van der Waals surface area (Å²) < 4.78 is 6.85. The highest BCUT2D eigenvalue weighted by molar-refractivity contribution is 6.00. The van der Waals surface area contributed by atoms with Gasteiger partial charge in [-0.2, -0.15) is 10.2 Å². The number of carbonyl (C=O) groups is 1. The van der Waals surface area contributed by atoms with Crippen molar-refractivity contribution in [1.29, 1.82) is 0 Å². The third kappa shape index (κ3) is 3.47. The molecule has 130 valence electrons. The number of nitrogens with one attached hydrogen (secondary N) is 3. The minimum Gasteiger partial charge on any atom is -0.497 e. The van der Waals surface area contributed by atoms with Gasteiger partial charge in [-0.05, 0) is 26.0 Å². The van der Waals surface area contributed by atoms with Crippen molar-refractivity contribution >= 4 is 17.5 Å². The van der Waals surface area contributed by atoms with E-state index in [0.717, 1.165) is 28.4 Å². The second kappa shape index (κ2) is 6.68. The highest BCUT2D eigenvalue weighted by Crippen LogP contribution is 2.25. The van der Waals surface area contributed by atoms with E-state index in [1.54, 1.807) is 18.8 Å². The molecule has 0 spiro atoms. The lowest BCUT2D eigenvalue weighted by atomic mass is 10.1. The van der Waals surface area contributed by atoms with E-state index in [9.17, 15) is 4.79 Å². The number of aryl methyl sites for hydroxylation is 3. The lowest BCUT2D eigenvalue weighted by molar-refractivity contribution is 0.262. The Labute approximate surface area is 145 Å². The van der Waals surface area contributed by atoms with Crippen molar-refractivity contribution in [2.24, 2.45) is 7.05 Å². The van der Waals surface area contributed by atoms with Gasteiger partial charge in [-0.25, -0.2) is 4.79 Å². The molecule has 0 bridgehead atoms.